The van der Waals surface area contributed by atoms with E-state index >= 15 is 0 Å². The number of benzene rings is 3. The first-order valence-corrected chi connectivity index (χ1v) is 10.8. The van der Waals surface area contributed by atoms with Crippen molar-refractivity contribution in [2.75, 3.05) is 0 Å². The Balaban J connectivity index is 1.80. The van der Waals surface area contributed by atoms with E-state index in [1.165, 1.54) is 33.0 Å². The lowest BCUT2D eigenvalue weighted by molar-refractivity contribution is 0.979. The Morgan fingerprint density at radius 3 is 2.16 bits per heavy atom. The SMILES string of the molecule is C1=CC(c2c(-c3ccccc3)nn3c(-c4ccccc4)cc4ccccc4c23)=CCC1. The van der Waals surface area contributed by atoms with Crippen LogP contribution in [-0.2, 0) is 0 Å². The lowest BCUT2D eigenvalue weighted by Gasteiger charge is -2.12. The summed E-state index contributed by atoms with van der Waals surface area (Å²) in [7, 11) is 0. The summed E-state index contributed by atoms with van der Waals surface area (Å²) in [6, 6.07) is 32.0. The van der Waals surface area contributed by atoms with Crippen molar-refractivity contribution >= 4 is 21.9 Å². The Labute approximate surface area is 181 Å². The summed E-state index contributed by atoms with van der Waals surface area (Å²) >= 11 is 0. The summed E-state index contributed by atoms with van der Waals surface area (Å²) in [5.41, 5.74) is 8.11. The molecule has 31 heavy (non-hydrogen) atoms. The Hall–Kier alpha value is -3.91. The fourth-order valence-electron chi connectivity index (χ4n) is 4.57. The molecule has 0 atom stereocenters. The molecule has 2 nitrogen and oxygen atoms in total. The number of hydrogen-bond acceptors (Lipinski definition) is 1. The molecule has 2 aromatic heterocycles. The van der Waals surface area contributed by atoms with Crippen molar-refractivity contribution in [3.63, 3.8) is 0 Å². The minimum Gasteiger partial charge on any atom is -0.231 e. The first-order valence-electron chi connectivity index (χ1n) is 10.8. The van der Waals surface area contributed by atoms with Crippen LogP contribution in [0.2, 0.25) is 0 Å². The number of nitrogens with zero attached hydrogens (tertiary/aromatic N) is 2. The summed E-state index contributed by atoms with van der Waals surface area (Å²) in [6.45, 7) is 0. The van der Waals surface area contributed by atoms with Crippen LogP contribution in [0.1, 0.15) is 18.4 Å². The highest BCUT2D eigenvalue weighted by atomic mass is 15.2. The van der Waals surface area contributed by atoms with E-state index in [0.29, 0.717) is 0 Å². The minimum absolute atomic E-state index is 1.03. The molecule has 3 aromatic carbocycles. The highest BCUT2D eigenvalue weighted by Gasteiger charge is 2.22. The van der Waals surface area contributed by atoms with Crippen molar-refractivity contribution in [2.45, 2.75) is 12.8 Å². The van der Waals surface area contributed by atoms with Gasteiger partial charge in [-0.2, -0.15) is 5.10 Å². The van der Waals surface area contributed by atoms with Crippen molar-refractivity contribution in [1.29, 1.82) is 0 Å². The van der Waals surface area contributed by atoms with E-state index in [9.17, 15) is 0 Å². The van der Waals surface area contributed by atoms with E-state index in [4.69, 9.17) is 5.10 Å². The normalized spacial score (nSPS) is 13.6. The zero-order valence-corrected chi connectivity index (χ0v) is 17.2. The third-order valence-corrected chi connectivity index (χ3v) is 6.02. The third kappa shape index (κ3) is 3.00. The molecular formula is C29H22N2. The van der Waals surface area contributed by atoms with Gasteiger partial charge in [0.1, 0.15) is 5.69 Å². The van der Waals surface area contributed by atoms with Gasteiger partial charge in [0.15, 0.2) is 0 Å². The highest BCUT2D eigenvalue weighted by molar-refractivity contribution is 6.07. The topological polar surface area (TPSA) is 17.3 Å². The summed E-state index contributed by atoms with van der Waals surface area (Å²) in [6.07, 6.45) is 9.05. The molecule has 0 amide bonds. The largest absolute Gasteiger partial charge is 0.231 e. The molecular weight excluding hydrogens is 376 g/mol. The first kappa shape index (κ1) is 17.9. The molecule has 0 radical (unpaired) electrons. The van der Waals surface area contributed by atoms with Crippen LogP contribution in [-0.4, -0.2) is 9.61 Å². The number of fused-ring (bicyclic) bond motifs is 3. The average Bonchev–Trinajstić information content (AvgIpc) is 3.26. The summed E-state index contributed by atoms with van der Waals surface area (Å²) in [5.74, 6) is 0. The number of pyridine rings is 1. The second-order valence-corrected chi connectivity index (χ2v) is 7.97. The van der Waals surface area contributed by atoms with Crippen molar-refractivity contribution in [3.05, 3.63) is 115 Å². The van der Waals surface area contributed by atoms with E-state index in [2.05, 4.69) is 114 Å². The van der Waals surface area contributed by atoms with Gasteiger partial charge in [-0.25, -0.2) is 4.52 Å². The Kier molecular flexibility index (Phi) is 4.28. The molecule has 0 saturated heterocycles. The van der Waals surface area contributed by atoms with Crippen LogP contribution in [0, 0.1) is 0 Å². The fourth-order valence-corrected chi connectivity index (χ4v) is 4.57. The van der Waals surface area contributed by atoms with Crippen LogP contribution >= 0.6 is 0 Å². The van der Waals surface area contributed by atoms with Gasteiger partial charge in [-0.05, 0) is 29.9 Å². The van der Waals surface area contributed by atoms with E-state index in [-0.39, 0.29) is 0 Å². The molecule has 0 fully saturated rings. The van der Waals surface area contributed by atoms with Gasteiger partial charge < -0.3 is 0 Å². The lowest BCUT2D eigenvalue weighted by Crippen LogP contribution is -1.96. The smallest absolute Gasteiger partial charge is 0.101 e. The van der Waals surface area contributed by atoms with Crippen LogP contribution in [0.25, 0.3) is 44.4 Å². The minimum atomic E-state index is 1.03. The quantitative estimate of drug-likeness (QED) is 0.306. The molecule has 0 N–H and O–H groups in total. The van der Waals surface area contributed by atoms with Crippen LogP contribution in [0.4, 0.5) is 0 Å². The van der Waals surface area contributed by atoms with Gasteiger partial charge in [0.25, 0.3) is 0 Å². The molecule has 2 heteroatoms. The van der Waals surface area contributed by atoms with Gasteiger partial charge >= 0.3 is 0 Å². The number of aromatic nitrogens is 2. The number of rotatable bonds is 3. The van der Waals surface area contributed by atoms with Gasteiger partial charge in [0.2, 0.25) is 0 Å². The Bertz CT molecular complexity index is 1450. The highest BCUT2D eigenvalue weighted by Crippen LogP contribution is 2.39. The number of hydrogen-bond donors (Lipinski definition) is 0. The van der Waals surface area contributed by atoms with Gasteiger partial charge in [-0.15, -0.1) is 0 Å². The standard InChI is InChI=1S/C29H22N2/c1-4-12-21(13-5-1)26-20-24-18-10-11-19-25(24)29-27(22-14-6-2-7-15-22)28(30-31(26)29)23-16-8-3-9-17-23/h1,3-6,8-20H,2,7H2. The molecule has 0 saturated carbocycles. The predicted molar refractivity (Wildman–Crippen MR) is 130 cm³/mol. The molecule has 5 aromatic rings. The molecule has 6 rings (SSSR count). The maximum Gasteiger partial charge on any atom is 0.101 e. The van der Waals surface area contributed by atoms with Crippen LogP contribution in [0.5, 0.6) is 0 Å². The van der Waals surface area contributed by atoms with E-state index in [0.717, 1.165) is 29.8 Å². The zero-order valence-electron chi connectivity index (χ0n) is 17.2. The van der Waals surface area contributed by atoms with Crippen LogP contribution < -0.4 is 0 Å². The second kappa shape index (κ2) is 7.41. The molecule has 0 bridgehead atoms. The Morgan fingerprint density at radius 1 is 0.710 bits per heavy atom. The number of allylic oxidation sites excluding steroid dienone is 4. The lowest BCUT2D eigenvalue weighted by atomic mass is 9.94. The third-order valence-electron chi connectivity index (χ3n) is 6.02. The van der Waals surface area contributed by atoms with Crippen molar-refractivity contribution in [2.24, 2.45) is 0 Å². The molecule has 0 aliphatic heterocycles. The molecule has 0 unspecified atom stereocenters. The van der Waals surface area contributed by atoms with Crippen LogP contribution in [0.15, 0.2) is 109 Å². The predicted octanol–water partition coefficient (Wildman–Crippen LogP) is 7.55. The summed E-state index contributed by atoms with van der Waals surface area (Å²) < 4.78 is 2.15. The van der Waals surface area contributed by atoms with Gasteiger partial charge in [0.05, 0.1) is 11.2 Å². The molecule has 1 aliphatic carbocycles. The van der Waals surface area contributed by atoms with E-state index in [1.54, 1.807) is 0 Å². The molecule has 0 spiro atoms. The van der Waals surface area contributed by atoms with Crippen LogP contribution in [0.3, 0.4) is 0 Å². The fraction of sp³-hybridized carbons (Fsp3) is 0.0690. The molecule has 1 aliphatic rings. The van der Waals surface area contributed by atoms with Crippen molar-refractivity contribution in [1.82, 2.24) is 9.61 Å². The Morgan fingerprint density at radius 2 is 1.42 bits per heavy atom. The second-order valence-electron chi connectivity index (χ2n) is 7.97. The molecule has 2 heterocycles. The van der Waals surface area contributed by atoms with Crippen molar-refractivity contribution in [3.8, 4) is 22.5 Å². The van der Waals surface area contributed by atoms with E-state index < -0.39 is 0 Å². The first-order chi connectivity index (χ1) is 15.4. The van der Waals surface area contributed by atoms with Gasteiger partial charge in [-0.1, -0.05) is 103 Å². The van der Waals surface area contributed by atoms with Gasteiger partial charge in [0, 0.05) is 22.1 Å². The molecule has 148 valence electrons. The average molecular weight is 399 g/mol. The summed E-state index contributed by atoms with van der Waals surface area (Å²) in [5, 5.41) is 7.69. The zero-order chi connectivity index (χ0) is 20.6. The van der Waals surface area contributed by atoms with E-state index in [1.807, 2.05) is 0 Å². The summed E-state index contributed by atoms with van der Waals surface area (Å²) in [4.78, 5) is 0. The van der Waals surface area contributed by atoms with Gasteiger partial charge in [-0.3, -0.25) is 0 Å². The maximum atomic E-state index is 5.23. The van der Waals surface area contributed by atoms with Crippen molar-refractivity contribution < 1.29 is 0 Å². The monoisotopic (exact) mass is 398 g/mol. The maximum absolute atomic E-state index is 5.23.